The van der Waals surface area contributed by atoms with Crippen LogP contribution in [0, 0.1) is 13.8 Å². The second-order valence-corrected chi connectivity index (χ2v) is 5.41. The van der Waals surface area contributed by atoms with Gasteiger partial charge in [-0.05, 0) is 37.0 Å². The summed E-state index contributed by atoms with van der Waals surface area (Å²) in [5.41, 5.74) is 3.55. The number of rotatable bonds is 7. The summed E-state index contributed by atoms with van der Waals surface area (Å²) >= 11 is 5.69. The third-order valence-corrected chi connectivity index (χ3v) is 3.75. The zero-order valence-electron chi connectivity index (χ0n) is 12.9. The lowest BCUT2D eigenvalue weighted by Crippen LogP contribution is -2.34. The first kappa shape index (κ1) is 17.5. The Morgan fingerprint density at radius 2 is 2.00 bits per heavy atom. The molecular formula is C16H23ClN2O2. The molecule has 1 aromatic carbocycles. The Morgan fingerprint density at radius 1 is 1.29 bits per heavy atom. The Kier molecular flexibility index (Phi) is 7.23. The van der Waals surface area contributed by atoms with Gasteiger partial charge in [0.25, 0.3) is 0 Å². The number of amides is 2. The van der Waals surface area contributed by atoms with Gasteiger partial charge < -0.3 is 10.2 Å². The van der Waals surface area contributed by atoms with Crippen LogP contribution in [0.5, 0.6) is 0 Å². The summed E-state index contributed by atoms with van der Waals surface area (Å²) in [6, 6.07) is 6.09. The lowest BCUT2D eigenvalue weighted by Gasteiger charge is -2.23. The van der Waals surface area contributed by atoms with Crippen LogP contribution in [0.4, 0.5) is 0 Å². The highest BCUT2D eigenvalue weighted by atomic mass is 35.5. The van der Waals surface area contributed by atoms with E-state index in [1.165, 1.54) is 18.1 Å². The smallest absolute Gasteiger partial charge is 0.237 e. The number of carbonyl (C=O) groups is 2. The Hall–Kier alpha value is -1.55. The molecule has 0 bridgehead atoms. The van der Waals surface area contributed by atoms with Crippen LogP contribution in [0.3, 0.4) is 0 Å². The lowest BCUT2D eigenvalue weighted by atomic mass is 10.0. The fourth-order valence-corrected chi connectivity index (χ4v) is 2.27. The normalized spacial score (nSPS) is 10.3. The summed E-state index contributed by atoms with van der Waals surface area (Å²) in [7, 11) is 0. The number of nitrogens with one attached hydrogen (secondary N) is 1. The van der Waals surface area contributed by atoms with Crippen molar-refractivity contribution in [2.24, 2.45) is 0 Å². The minimum Gasteiger partial charge on any atom is -0.356 e. The average molecular weight is 311 g/mol. The number of nitrogens with zero attached hydrogens (tertiary/aromatic N) is 1. The number of hydrogen-bond acceptors (Lipinski definition) is 2. The minimum atomic E-state index is -0.0830. The molecule has 21 heavy (non-hydrogen) atoms. The minimum absolute atomic E-state index is 0.0228. The summed E-state index contributed by atoms with van der Waals surface area (Å²) < 4.78 is 0. The SMILES string of the molecule is CC(=O)NCCCN(Cc1cccc(C)c1C)C(=O)CCl. The second-order valence-electron chi connectivity index (χ2n) is 5.14. The van der Waals surface area contributed by atoms with E-state index in [2.05, 4.69) is 25.2 Å². The summed E-state index contributed by atoms with van der Waals surface area (Å²) in [6.07, 6.45) is 0.715. The van der Waals surface area contributed by atoms with Gasteiger partial charge in [0.15, 0.2) is 0 Å². The van der Waals surface area contributed by atoms with Crippen LogP contribution in [0.1, 0.15) is 30.0 Å². The van der Waals surface area contributed by atoms with Crippen molar-refractivity contribution >= 4 is 23.4 Å². The molecule has 0 saturated carbocycles. The van der Waals surface area contributed by atoms with Crippen molar-refractivity contribution < 1.29 is 9.59 Å². The van der Waals surface area contributed by atoms with E-state index in [1.807, 2.05) is 12.1 Å². The number of benzene rings is 1. The second kappa shape index (κ2) is 8.67. The van der Waals surface area contributed by atoms with Gasteiger partial charge in [-0.15, -0.1) is 11.6 Å². The van der Waals surface area contributed by atoms with E-state index in [0.717, 1.165) is 5.56 Å². The number of carbonyl (C=O) groups excluding carboxylic acids is 2. The van der Waals surface area contributed by atoms with Crippen LogP contribution in [0.2, 0.25) is 0 Å². The summed E-state index contributed by atoms with van der Waals surface area (Å²) in [5, 5.41) is 2.73. The van der Waals surface area contributed by atoms with Gasteiger partial charge in [0, 0.05) is 26.6 Å². The maximum Gasteiger partial charge on any atom is 0.237 e. The monoisotopic (exact) mass is 310 g/mol. The molecule has 1 rings (SSSR count). The van der Waals surface area contributed by atoms with Gasteiger partial charge in [0.1, 0.15) is 5.88 Å². The third kappa shape index (κ3) is 5.76. The molecule has 0 fully saturated rings. The number of hydrogen-bond donors (Lipinski definition) is 1. The highest BCUT2D eigenvalue weighted by Gasteiger charge is 2.14. The zero-order valence-corrected chi connectivity index (χ0v) is 13.7. The van der Waals surface area contributed by atoms with Crippen molar-refractivity contribution in [3.63, 3.8) is 0 Å². The molecule has 0 unspecified atom stereocenters. The van der Waals surface area contributed by atoms with E-state index < -0.39 is 0 Å². The van der Waals surface area contributed by atoms with Gasteiger partial charge in [-0.25, -0.2) is 0 Å². The van der Waals surface area contributed by atoms with Crippen LogP contribution < -0.4 is 5.32 Å². The molecule has 0 atom stereocenters. The van der Waals surface area contributed by atoms with Gasteiger partial charge in [0.05, 0.1) is 0 Å². The van der Waals surface area contributed by atoms with Gasteiger partial charge in [-0.2, -0.15) is 0 Å². The molecular weight excluding hydrogens is 288 g/mol. The first-order valence-corrected chi connectivity index (χ1v) is 7.62. The molecule has 0 heterocycles. The first-order valence-electron chi connectivity index (χ1n) is 7.09. The lowest BCUT2D eigenvalue weighted by molar-refractivity contribution is -0.129. The molecule has 1 N–H and O–H groups in total. The number of halogens is 1. The van der Waals surface area contributed by atoms with Crippen LogP contribution in [-0.2, 0) is 16.1 Å². The van der Waals surface area contributed by atoms with Crippen molar-refractivity contribution in [1.82, 2.24) is 10.2 Å². The molecule has 0 aliphatic carbocycles. The summed E-state index contributed by atoms with van der Waals surface area (Å²) in [6.45, 7) is 7.30. The quantitative estimate of drug-likeness (QED) is 0.621. The van der Waals surface area contributed by atoms with Crippen LogP contribution in [0.15, 0.2) is 18.2 Å². The molecule has 116 valence electrons. The van der Waals surface area contributed by atoms with Crippen molar-refractivity contribution in [2.75, 3.05) is 19.0 Å². The van der Waals surface area contributed by atoms with Gasteiger partial charge in [0.2, 0.25) is 11.8 Å². The molecule has 0 spiro atoms. The molecule has 0 aromatic heterocycles. The molecule has 0 saturated heterocycles. The number of alkyl halides is 1. The Morgan fingerprint density at radius 3 is 2.62 bits per heavy atom. The van der Waals surface area contributed by atoms with Gasteiger partial charge in [-0.3, -0.25) is 9.59 Å². The van der Waals surface area contributed by atoms with E-state index in [-0.39, 0.29) is 17.7 Å². The molecule has 0 aliphatic heterocycles. The number of aryl methyl sites for hydroxylation is 1. The fraction of sp³-hybridized carbons (Fsp3) is 0.500. The average Bonchev–Trinajstić information content (AvgIpc) is 2.45. The highest BCUT2D eigenvalue weighted by molar-refractivity contribution is 6.27. The molecule has 2 amide bonds. The molecule has 0 radical (unpaired) electrons. The highest BCUT2D eigenvalue weighted by Crippen LogP contribution is 2.15. The van der Waals surface area contributed by atoms with E-state index in [9.17, 15) is 9.59 Å². The van der Waals surface area contributed by atoms with Crippen LogP contribution >= 0.6 is 11.6 Å². The molecule has 1 aromatic rings. The molecule has 4 nitrogen and oxygen atoms in total. The molecule has 5 heteroatoms. The standard InChI is InChI=1S/C16H23ClN2O2/c1-12-6-4-7-15(13(12)2)11-19(16(21)10-17)9-5-8-18-14(3)20/h4,6-7H,5,8-11H2,1-3H3,(H,18,20). The summed E-state index contributed by atoms with van der Waals surface area (Å²) in [4.78, 5) is 24.5. The Balaban J connectivity index is 2.67. The van der Waals surface area contributed by atoms with E-state index in [0.29, 0.717) is 26.1 Å². The van der Waals surface area contributed by atoms with Gasteiger partial charge in [-0.1, -0.05) is 18.2 Å². The van der Waals surface area contributed by atoms with E-state index >= 15 is 0 Å². The fourth-order valence-electron chi connectivity index (χ4n) is 2.10. The maximum atomic E-state index is 11.9. The molecule has 0 aliphatic rings. The first-order chi connectivity index (χ1) is 9.95. The van der Waals surface area contributed by atoms with Crippen molar-refractivity contribution in [2.45, 2.75) is 33.7 Å². The van der Waals surface area contributed by atoms with Crippen molar-refractivity contribution in [3.8, 4) is 0 Å². The topological polar surface area (TPSA) is 49.4 Å². The van der Waals surface area contributed by atoms with Crippen LogP contribution in [0.25, 0.3) is 0 Å². The Labute approximate surface area is 131 Å². The van der Waals surface area contributed by atoms with Crippen LogP contribution in [-0.4, -0.2) is 35.7 Å². The largest absolute Gasteiger partial charge is 0.356 e. The predicted octanol–water partition coefficient (Wildman–Crippen LogP) is 2.40. The van der Waals surface area contributed by atoms with Crippen molar-refractivity contribution in [1.29, 1.82) is 0 Å². The third-order valence-electron chi connectivity index (χ3n) is 3.52. The summed E-state index contributed by atoms with van der Waals surface area (Å²) in [5.74, 6) is -0.162. The predicted molar refractivity (Wildman–Crippen MR) is 85.4 cm³/mol. The van der Waals surface area contributed by atoms with Gasteiger partial charge >= 0.3 is 0 Å². The zero-order chi connectivity index (χ0) is 15.8. The van der Waals surface area contributed by atoms with E-state index in [4.69, 9.17) is 11.6 Å². The van der Waals surface area contributed by atoms with E-state index in [1.54, 1.807) is 4.90 Å². The van der Waals surface area contributed by atoms with Crippen molar-refractivity contribution in [3.05, 3.63) is 34.9 Å². The maximum absolute atomic E-state index is 11.9. The Bertz CT molecular complexity index is 503.